The molecule has 1 saturated carbocycles. The molecule has 1 aromatic rings. The fourth-order valence-corrected chi connectivity index (χ4v) is 2.24. The van der Waals surface area contributed by atoms with Gasteiger partial charge in [-0.1, -0.05) is 12.1 Å². The monoisotopic (exact) mass is 482 g/mol. The van der Waals surface area contributed by atoms with Gasteiger partial charge in [0.05, 0.1) is 0 Å². The normalized spacial score (nSPS) is 13.8. The first-order valence-corrected chi connectivity index (χ1v) is 8.30. The van der Waals surface area contributed by atoms with Crippen molar-refractivity contribution in [3.63, 3.8) is 0 Å². The summed E-state index contributed by atoms with van der Waals surface area (Å²) in [5, 5.41) is 6.03. The lowest BCUT2D eigenvalue weighted by Crippen LogP contribution is -2.39. The van der Waals surface area contributed by atoms with E-state index in [-0.39, 0.29) is 42.2 Å². The maximum atomic E-state index is 12.2. The van der Waals surface area contributed by atoms with Crippen LogP contribution in [-0.4, -0.2) is 49.6 Å². The van der Waals surface area contributed by atoms with E-state index >= 15 is 0 Å². The van der Waals surface area contributed by atoms with Gasteiger partial charge < -0.3 is 20.3 Å². The fraction of sp³-hybridized carbons (Fsp3) is 0.529. The summed E-state index contributed by atoms with van der Waals surface area (Å²) in [4.78, 5) is 18.0. The second-order valence-electron chi connectivity index (χ2n) is 5.89. The van der Waals surface area contributed by atoms with Gasteiger partial charge in [0.25, 0.3) is 0 Å². The molecule has 1 amide bonds. The molecule has 0 spiro atoms. The number of ether oxygens (including phenoxy) is 1. The Labute approximate surface area is 169 Å². The summed E-state index contributed by atoms with van der Waals surface area (Å²) < 4.78 is 28.7. The molecule has 1 aliphatic carbocycles. The molecular weight excluding hydrogens is 457 g/mol. The second kappa shape index (κ2) is 11.1. The van der Waals surface area contributed by atoms with E-state index in [1.165, 1.54) is 12.1 Å². The molecule has 26 heavy (non-hydrogen) atoms. The highest BCUT2D eigenvalue weighted by Crippen LogP contribution is 2.18. The molecule has 0 aromatic heterocycles. The van der Waals surface area contributed by atoms with Gasteiger partial charge in [0.1, 0.15) is 12.3 Å². The quantitative estimate of drug-likeness (QED) is 0.340. The number of halogens is 3. The largest absolute Gasteiger partial charge is 0.435 e. The third kappa shape index (κ3) is 8.15. The maximum Gasteiger partial charge on any atom is 0.387 e. The van der Waals surface area contributed by atoms with Crippen LogP contribution < -0.4 is 15.4 Å². The highest BCUT2D eigenvalue weighted by molar-refractivity contribution is 14.0. The molecule has 6 nitrogen and oxygen atoms in total. The summed E-state index contributed by atoms with van der Waals surface area (Å²) >= 11 is 0. The van der Waals surface area contributed by atoms with Gasteiger partial charge >= 0.3 is 6.61 Å². The van der Waals surface area contributed by atoms with Gasteiger partial charge in [-0.25, -0.2) is 4.99 Å². The van der Waals surface area contributed by atoms with Crippen molar-refractivity contribution in [1.82, 2.24) is 15.5 Å². The Morgan fingerprint density at radius 2 is 2.00 bits per heavy atom. The van der Waals surface area contributed by atoms with E-state index in [9.17, 15) is 13.6 Å². The molecule has 1 fully saturated rings. The van der Waals surface area contributed by atoms with Crippen LogP contribution in [0.1, 0.15) is 25.3 Å². The van der Waals surface area contributed by atoms with Crippen molar-refractivity contribution in [2.75, 3.05) is 20.1 Å². The lowest BCUT2D eigenvalue weighted by atomic mass is 10.2. The van der Waals surface area contributed by atoms with Crippen LogP contribution in [0, 0.1) is 0 Å². The zero-order valence-corrected chi connectivity index (χ0v) is 17.2. The average molecular weight is 482 g/mol. The zero-order chi connectivity index (χ0) is 18.2. The predicted molar refractivity (Wildman–Crippen MR) is 107 cm³/mol. The van der Waals surface area contributed by atoms with Crippen LogP contribution in [0.2, 0.25) is 0 Å². The number of carbonyl (C=O) groups is 1. The number of hydrogen-bond donors (Lipinski definition) is 2. The standard InChI is InChI=1S/C17H24F2N4O2.HI/c1-3-20-17(21-10-15(24)22-13-6-7-13)23(2)11-12-4-8-14(9-5-12)25-16(18)19;/h4-5,8-9,13,16H,3,6-7,10-11H2,1-2H3,(H,20,21)(H,22,24);1H. The SMILES string of the molecule is CCNC(=NCC(=O)NC1CC1)N(C)Cc1ccc(OC(F)F)cc1.I. The van der Waals surface area contributed by atoms with Crippen LogP contribution in [0.5, 0.6) is 5.75 Å². The minimum atomic E-state index is -2.83. The number of hydrogen-bond acceptors (Lipinski definition) is 3. The van der Waals surface area contributed by atoms with Crippen molar-refractivity contribution >= 4 is 35.8 Å². The van der Waals surface area contributed by atoms with Crippen LogP contribution in [-0.2, 0) is 11.3 Å². The van der Waals surface area contributed by atoms with E-state index in [1.54, 1.807) is 12.1 Å². The molecule has 146 valence electrons. The van der Waals surface area contributed by atoms with Crippen LogP contribution in [0.15, 0.2) is 29.3 Å². The molecule has 0 atom stereocenters. The zero-order valence-electron chi connectivity index (χ0n) is 14.9. The third-order valence-electron chi connectivity index (χ3n) is 3.58. The number of guanidine groups is 1. The molecule has 0 saturated heterocycles. The highest BCUT2D eigenvalue weighted by Gasteiger charge is 2.23. The Bertz CT molecular complexity index is 595. The van der Waals surface area contributed by atoms with Gasteiger partial charge in [-0.15, -0.1) is 24.0 Å². The Morgan fingerprint density at radius 1 is 1.35 bits per heavy atom. The molecular formula is C17H25F2IN4O2. The van der Waals surface area contributed by atoms with Gasteiger partial charge in [-0.3, -0.25) is 4.79 Å². The summed E-state index contributed by atoms with van der Waals surface area (Å²) in [6, 6.07) is 6.76. The molecule has 1 aromatic carbocycles. The number of carbonyl (C=O) groups excluding carboxylic acids is 1. The summed E-state index contributed by atoms with van der Waals surface area (Å²) in [6.07, 6.45) is 2.08. The molecule has 9 heteroatoms. The summed E-state index contributed by atoms with van der Waals surface area (Å²) in [5.41, 5.74) is 0.914. The van der Waals surface area contributed by atoms with Crippen molar-refractivity contribution in [2.45, 2.75) is 39.0 Å². The number of benzene rings is 1. The van der Waals surface area contributed by atoms with Gasteiger partial charge in [-0.05, 0) is 37.5 Å². The molecule has 0 heterocycles. The topological polar surface area (TPSA) is 66.0 Å². The van der Waals surface area contributed by atoms with Gasteiger partial charge in [0.2, 0.25) is 5.91 Å². The smallest absolute Gasteiger partial charge is 0.387 e. The predicted octanol–water partition coefficient (Wildman–Crippen LogP) is 2.58. The number of nitrogens with one attached hydrogen (secondary N) is 2. The Morgan fingerprint density at radius 3 is 2.54 bits per heavy atom. The first-order valence-electron chi connectivity index (χ1n) is 8.30. The third-order valence-corrected chi connectivity index (χ3v) is 3.58. The average Bonchev–Trinajstić information content (AvgIpc) is 3.36. The fourth-order valence-electron chi connectivity index (χ4n) is 2.24. The first kappa shape index (κ1) is 22.4. The molecule has 0 bridgehead atoms. The molecule has 2 rings (SSSR count). The minimum absolute atomic E-state index is 0. The van der Waals surface area contributed by atoms with Crippen molar-refractivity contribution in [2.24, 2.45) is 4.99 Å². The number of alkyl halides is 2. The van der Waals surface area contributed by atoms with Crippen molar-refractivity contribution < 1.29 is 18.3 Å². The maximum absolute atomic E-state index is 12.2. The van der Waals surface area contributed by atoms with Gasteiger partial charge in [0, 0.05) is 26.2 Å². The number of rotatable bonds is 8. The molecule has 0 radical (unpaired) electrons. The number of amides is 1. The van der Waals surface area contributed by atoms with Crippen LogP contribution in [0.25, 0.3) is 0 Å². The Hall–Kier alpha value is -1.65. The lowest BCUT2D eigenvalue weighted by Gasteiger charge is -2.22. The van der Waals surface area contributed by atoms with Gasteiger partial charge in [-0.2, -0.15) is 8.78 Å². The van der Waals surface area contributed by atoms with Crippen LogP contribution in [0.4, 0.5) is 8.78 Å². The summed E-state index contributed by atoms with van der Waals surface area (Å²) in [5.74, 6) is 0.653. The van der Waals surface area contributed by atoms with E-state index in [2.05, 4.69) is 20.4 Å². The summed E-state index contributed by atoms with van der Waals surface area (Å²) in [6.45, 7) is 0.386. The van der Waals surface area contributed by atoms with E-state index in [0.717, 1.165) is 18.4 Å². The van der Waals surface area contributed by atoms with E-state index in [1.807, 2.05) is 18.9 Å². The van der Waals surface area contributed by atoms with Crippen LogP contribution >= 0.6 is 24.0 Å². The van der Waals surface area contributed by atoms with E-state index in [4.69, 9.17) is 0 Å². The van der Waals surface area contributed by atoms with E-state index in [0.29, 0.717) is 25.1 Å². The molecule has 0 aliphatic heterocycles. The van der Waals surface area contributed by atoms with Crippen molar-refractivity contribution in [1.29, 1.82) is 0 Å². The Kier molecular flexibility index (Phi) is 9.60. The van der Waals surface area contributed by atoms with Crippen LogP contribution in [0.3, 0.4) is 0 Å². The van der Waals surface area contributed by atoms with E-state index < -0.39 is 6.61 Å². The van der Waals surface area contributed by atoms with Crippen molar-refractivity contribution in [3.05, 3.63) is 29.8 Å². The lowest BCUT2D eigenvalue weighted by molar-refractivity contribution is -0.119. The molecule has 2 N–H and O–H groups in total. The Balaban J connectivity index is 0.00000338. The highest BCUT2D eigenvalue weighted by atomic mass is 127. The number of nitrogens with zero attached hydrogens (tertiary/aromatic N) is 2. The van der Waals surface area contributed by atoms with Gasteiger partial charge in [0.15, 0.2) is 5.96 Å². The number of aliphatic imine (C=N–C) groups is 1. The summed E-state index contributed by atoms with van der Waals surface area (Å²) in [7, 11) is 1.85. The molecule has 1 aliphatic rings. The van der Waals surface area contributed by atoms with Crippen molar-refractivity contribution in [3.8, 4) is 5.75 Å². The molecule has 0 unspecified atom stereocenters. The minimum Gasteiger partial charge on any atom is -0.435 e. The first-order chi connectivity index (χ1) is 12.0. The second-order valence-corrected chi connectivity index (χ2v) is 5.89.